The van der Waals surface area contributed by atoms with Gasteiger partial charge in [-0.05, 0) is 35.6 Å². The van der Waals surface area contributed by atoms with E-state index in [1.54, 1.807) is 0 Å². The first-order valence-electron chi connectivity index (χ1n) is 6.81. The highest BCUT2D eigenvalue weighted by molar-refractivity contribution is 5.61. The fraction of sp³-hybridized carbons (Fsp3) is 0.412. The Morgan fingerprint density at radius 3 is 2.16 bits per heavy atom. The minimum atomic E-state index is 0.169. The van der Waals surface area contributed by atoms with Crippen LogP contribution in [0.2, 0.25) is 0 Å². The van der Waals surface area contributed by atoms with Crippen molar-refractivity contribution in [2.45, 2.75) is 39.7 Å². The molecule has 0 saturated carbocycles. The summed E-state index contributed by atoms with van der Waals surface area (Å²) >= 11 is 0. The molecule has 0 saturated heterocycles. The number of aliphatic hydroxyl groups excluding tert-OH is 1. The molecule has 1 aromatic heterocycles. The van der Waals surface area contributed by atoms with Crippen molar-refractivity contribution in [2.75, 3.05) is 6.61 Å². The molecule has 0 aliphatic heterocycles. The van der Waals surface area contributed by atoms with E-state index < -0.39 is 0 Å². The van der Waals surface area contributed by atoms with Crippen LogP contribution in [0.1, 0.15) is 32.0 Å². The van der Waals surface area contributed by atoms with E-state index in [1.165, 1.54) is 22.5 Å². The molecule has 2 heteroatoms. The molecule has 2 nitrogen and oxygen atoms in total. The van der Waals surface area contributed by atoms with Crippen molar-refractivity contribution in [3.05, 3.63) is 47.7 Å². The monoisotopic (exact) mass is 257 g/mol. The number of hydrogen-bond donors (Lipinski definition) is 1. The summed E-state index contributed by atoms with van der Waals surface area (Å²) in [6, 6.07) is 13.0. The van der Waals surface area contributed by atoms with Gasteiger partial charge < -0.3 is 9.67 Å². The molecule has 102 valence electrons. The Morgan fingerprint density at radius 1 is 1.00 bits per heavy atom. The molecule has 0 aliphatic rings. The zero-order valence-electron chi connectivity index (χ0n) is 12.3. The Bertz CT molecular complexity index is 544. The first-order valence-corrected chi connectivity index (χ1v) is 6.81. The molecule has 19 heavy (non-hydrogen) atoms. The second-order valence-corrected chi connectivity index (χ2v) is 6.06. The average molecular weight is 257 g/mol. The van der Waals surface area contributed by atoms with Crippen molar-refractivity contribution >= 4 is 0 Å². The van der Waals surface area contributed by atoms with E-state index in [-0.39, 0.29) is 12.0 Å². The van der Waals surface area contributed by atoms with Gasteiger partial charge in [0, 0.05) is 17.9 Å². The molecule has 0 radical (unpaired) electrons. The Hall–Kier alpha value is -1.54. The molecule has 1 aromatic carbocycles. The maximum atomic E-state index is 9.16. The number of benzene rings is 1. The van der Waals surface area contributed by atoms with E-state index >= 15 is 0 Å². The first kappa shape index (κ1) is 13.9. The summed E-state index contributed by atoms with van der Waals surface area (Å²) < 4.78 is 2.16. The number of nitrogens with zero attached hydrogens (tertiary/aromatic N) is 1. The van der Waals surface area contributed by atoms with Gasteiger partial charge in [-0.25, -0.2) is 0 Å². The van der Waals surface area contributed by atoms with Gasteiger partial charge >= 0.3 is 0 Å². The fourth-order valence-corrected chi connectivity index (χ4v) is 2.36. The molecule has 1 heterocycles. The highest BCUT2D eigenvalue weighted by Gasteiger charge is 2.14. The van der Waals surface area contributed by atoms with Gasteiger partial charge in [0.2, 0.25) is 0 Å². The molecule has 2 rings (SSSR count). The van der Waals surface area contributed by atoms with Crippen molar-refractivity contribution in [2.24, 2.45) is 0 Å². The Kier molecular flexibility index (Phi) is 3.81. The second kappa shape index (κ2) is 5.22. The van der Waals surface area contributed by atoms with Crippen LogP contribution in [-0.4, -0.2) is 16.3 Å². The maximum absolute atomic E-state index is 9.16. The maximum Gasteiger partial charge on any atom is 0.0610 e. The third kappa shape index (κ3) is 2.90. The topological polar surface area (TPSA) is 25.2 Å². The van der Waals surface area contributed by atoms with Crippen LogP contribution >= 0.6 is 0 Å². The predicted molar refractivity (Wildman–Crippen MR) is 80.4 cm³/mol. The van der Waals surface area contributed by atoms with Crippen LogP contribution in [0, 0.1) is 6.92 Å². The molecule has 0 aliphatic carbocycles. The van der Waals surface area contributed by atoms with E-state index in [1.807, 2.05) is 0 Å². The summed E-state index contributed by atoms with van der Waals surface area (Å²) in [4.78, 5) is 0. The van der Waals surface area contributed by atoms with Crippen molar-refractivity contribution in [3.8, 4) is 11.3 Å². The Morgan fingerprint density at radius 2 is 1.63 bits per heavy atom. The molecular weight excluding hydrogens is 234 g/mol. The van der Waals surface area contributed by atoms with Crippen molar-refractivity contribution < 1.29 is 5.11 Å². The fourth-order valence-electron chi connectivity index (χ4n) is 2.36. The normalized spacial score (nSPS) is 11.8. The molecule has 0 unspecified atom stereocenters. The molecule has 0 atom stereocenters. The number of rotatable bonds is 3. The van der Waals surface area contributed by atoms with Crippen LogP contribution in [0.5, 0.6) is 0 Å². The number of aromatic nitrogens is 1. The molecule has 2 aromatic rings. The van der Waals surface area contributed by atoms with E-state index in [2.05, 4.69) is 68.7 Å². The summed E-state index contributed by atoms with van der Waals surface area (Å²) in [7, 11) is 0. The van der Waals surface area contributed by atoms with Crippen LogP contribution < -0.4 is 0 Å². The summed E-state index contributed by atoms with van der Waals surface area (Å²) in [6.45, 7) is 9.56. The second-order valence-electron chi connectivity index (χ2n) is 6.06. The standard InChI is InChI=1S/C17H23NO/c1-13-5-10-16(18(13)11-12-19)14-6-8-15(9-7-14)17(2,3)4/h5-10,19H,11-12H2,1-4H3. The molecule has 1 N–H and O–H groups in total. The van der Waals surface area contributed by atoms with Gasteiger partial charge in [0.05, 0.1) is 6.61 Å². The third-order valence-electron chi connectivity index (χ3n) is 3.57. The first-order chi connectivity index (χ1) is 8.93. The lowest BCUT2D eigenvalue weighted by Crippen LogP contribution is -2.10. The molecular formula is C17H23NO. The van der Waals surface area contributed by atoms with Crippen molar-refractivity contribution in [1.29, 1.82) is 0 Å². The highest BCUT2D eigenvalue weighted by Crippen LogP contribution is 2.27. The smallest absolute Gasteiger partial charge is 0.0610 e. The van der Waals surface area contributed by atoms with Crippen molar-refractivity contribution in [3.63, 3.8) is 0 Å². The number of aryl methyl sites for hydroxylation is 1. The third-order valence-corrected chi connectivity index (χ3v) is 3.57. The van der Waals surface area contributed by atoms with Crippen LogP contribution in [-0.2, 0) is 12.0 Å². The quantitative estimate of drug-likeness (QED) is 0.890. The predicted octanol–water partition coefficient (Wildman–Crippen LogP) is 3.75. The van der Waals surface area contributed by atoms with Crippen LogP contribution in [0.15, 0.2) is 36.4 Å². The van der Waals surface area contributed by atoms with Gasteiger partial charge in [-0.1, -0.05) is 45.0 Å². The van der Waals surface area contributed by atoms with E-state index in [9.17, 15) is 0 Å². The summed E-state index contributed by atoms with van der Waals surface area (Å²) in [5, 5.41) is 9.16. The molecule has 0 amide bonds. The highest BCUT2D eigenvalue weighted by atomic mass is 16.3. The van der Waals surface area contributed by atoms with E-state index in [0.717, 1.165) is 0 Å². The van der Waals surface area contributed by atoms with Gasteiger partial charge in [-0.15, -0.1) is 0 Å². The van der Waals surface area contributed by atoms with Crippen LogP contribution in [0.25, 0.3) is 11.3 Å². The average Bonchev–Trinajstić information content (AvgIpc) is 2.71. The Balaban J connectivity index is 2.38. The summed E-state index contributed by atoms with van der Waals surface area (Å²) in [5.74, 6) is 0. The number of aliphatic hydroxyl groups is 1. The van der Waals surface area contributed by atoms with E-state index in [4.69, 9.17) is 5.11 Å². The van der Waals surface area contributed by atoms with Gasteiger partial charge in [0.25, 0.3) is 0 Å². The van der Waals surface area contributed by atoms with Gasteiger partial charge in [-0.3, -0.25) is 0 Å². The zero-order chi connectivity index (χ0) is 14.0. The van der Waals surface area contributed by atoms with Gasteiger partial charge in [0.15, 0.2) is 0 Å². The number of hydrogen-bond acceptors (Lipinski definition) is 1. The minimum Gasteiger partial charge on any atom is -0.395 e. The lowest BCUT2D eigenvalue weighted by molar-refractivity contribution is 0.276. The minimum absolute atomic E-state index is 0.169. The summed E-state index contributed by atoms with van der Waals surface area (Å²) in [6.07, 6.45) is 0. The summed E-state index contributed by atoms with van der Waals surface area (Å²) in [5.41, 5.74) is 5.08. The Labute approximate surface area is 115 Å². The van der Waals surface area contributed by atoms with Gasteiger partial charge in [-0.2, -0.15) is 0 Å². The largest absolute Gasteiger partial charge is 0.395 e. The zero-order valence-corrected chi connectivity index (χ0v) is 12.3. The molecule has 0 spiro atoms. The van der Waals surface area contributed by atoms with E-state index in [0.29, 0.717) is 6.54 Å². The van der Waals surface area contributed by atoms with Crippen LogP contribution in [0.3, 0.4) is 0 Å². The van der Waals surface area contributed by atoms with Crippen molar-refractivity contribution in [1.82, 2.24) is 4.57 Å². The SMILES string of the molecule is Cc1ccc(-c2ccc(C(C)(C)C)cc2)n1CCO. The lowest BCUT2D eigenvalue weighted by atomic mass is 9.86. The van der Waals surface area contributed by atoms with Crippen LogP contribution in [0.4, 0.5) is 0 Å². The van der Waals surface area contributed by atoms with Gasteiger partial charge in [0.1, 0.15) is 0 Å². The lowest BCUT2D eigenvalue weighted by Gasteiger charge is -2.19. The molecule has 0 bridgehead atoms. The molecule has 0 fully saturated rings.